The van der Waals surface area contributed by atoms with Gasteiger partial charge in [0.15, 0.2) is 5.82 Å². The summed E-state index contributed by atoms with van der Waals surface area (Å²) >= 11 is 1.85. The fourth-order valence-electron chi connectivity index (χ4n) is 2.91. The Balaban J connectivity index is 1.55. The summed E-state index contributed by atoms with van der Waals surface area (Å²) in [6, 6.07) is 9.00. The van der Waals surface area contributed by atoms with Crippen molar-refractivity contribution in [3.63, 3.8) is 0 Å². The van der Waals surface area contributed by atoms with Gasteiger partial charge in [0, 0.05) is 36.8 Å². The van der Waals surface area contributed by atoms with Gasteiger partial charge in [0.25, 0.3) is 0 Å². The smallest absolute Gasteiger partial charge is 0.151 e. The van der Waals surface area contributed by atoms with Gasteiger partial charge in [-0.25, -0.2) is 0 Å². The molecule has 1 unspecified atom stereocenters. The molecule has 0 aliphatic carbocycles. The highest BCUT2D eigenvalue weighted by molar-refractivity contribution is 7.09. The third-order valence-corrected chi connectivity index (χ3v) is 5.13. The van der Waals surface area contributed by atoms with Crippen molar-refractivity contribution in [2.45, 2.75) is 25.3 Å². The maximum Gasteiger partial charge on any atom is 0.151 e. The molecule has 1 atom stereocenters. The van der Waals surface area contributed by atoms with Gasteiger partial charge in [0.1, 0.15) is 0 Å². The van der Waals surface area contributed by atoms with E-state index < -0.39 is 0 Å². The van der Waals surface area contributed by atoms with Crippen LogP contribution in [0.1, 0.15) is 17.7 Å². The van der Waals surface area contributed by atoms with Crippen LogP contribution in [0.5, 0.6) is 0 Å². The van der Waals surface area contributed by atoms with Gasteiger partial charge in [-0.2, -0.15) is 5.10 Å². The van der Waals surface area contributed by atoms with Gasteiger partial charge < -0.3 is 9.80 Å². The van der Waals surface area contributed by atoms with E-state index in [1.807, 2.05) is 17.4 Å². The quantitative estimate of drug-likeness (QED) is 0.850. The predicted molar refractivity (Wildman–Crippen MR) is 87.9 cm³/mol. The zero-order valence-corrected chi connectivity index (χ0v) is 13.3. The molecular formula is C16H22N4S. The van der Waals surface area contributed by atoms with Crippen LogP contribution in [0.15, 0.2) is 35.8 Å². The van der Waals surface area contributed by atoms with Crippen molar-refractivity contribution in [2.75, 3.05) is 31.6 Å². The Morgan fingerprint density at radius 1 is 1.38 bits per heavy atom. The number of piperidine rings is 1. The van der Waals surface area contributed by atoms with Crippen LogP contribution in [0.2, 0.25) is 0 Å². The molecule has 5 heteroatoms. The van der Waals surface area contributed by atoms with E-state index in [0.29, 0.717) is 6.04 Å². The Morgan fingerprint density at radius 2 is 2.33 bits per heavy atom. The normalized spacial score (nSPS) is 19.1. The molecule has 0 radical (unpaired) electrons. The molecule has 2 aromatic heterocycles. The minimum Gasteiger partial charge on any atom is -0.354 e. The van der Waals surface area contributed by atoms with Gasteiger partial charge in [0.2, 0.25) is 0 Å². The van der Waals surface area contributed by atoms with Gasteiger partial charge in [-0.05, 0) is 49.9 Å². The van der Waals surface area contributed by atoms with Gasteiger partial charge in [-0.1, -0.05) is 6.07 Å². The van der Waals surface area contributed by atoms with Gasteiger partial charge in [-0.15, -0.1) is 16.4 Å². The van der Waals surface area contributed by atoms with Gasteiger partial charge in [0.05, 0.1) is 0 Å². The van der Waals surface area contributed by atoms with E-state index in [1.54, 1.807) is 6.20 Å². The fraction of sp³-hybridized carbons (Fsp3) is 0.500. The molecule has 3 rings (SSSR count). The first-order valence-corrected chi connectivity index (χ1v) is 8.46. The third kappa shape index (κ3) is 3.80. The van der Waals surface area contributed by atoms with E-state index in [9.17, 15) is 0 Å². The molecule has 0 saturated carbocycles. The van der Waals surface area contributed by atoms with Crippen LogP contribution >= 0.6 is 11.3 Å². The maximum atomic E-state index is 4.24. The highest BCUT2D eigenvalue weighted by atomic mass is 32.1. The molecule has 1 saturated heterocycles. The zero-order valence-electron chi connectivity index (χ0n) is 12.5. The maximum absolute atomic E-state index is 4.24. The summed E-state index contributed by atoms with van der Waals surface area (Å²) in [5, 5.41) is 10.4. The second-order valence-corrected chi connectivity index (χ2v) is 6.67. The first-order valence-electron chi connectivity index (χ1n) is 7.58. The van der Waals surface area contributed by atoms with E-state index >= 15 is 0 Å². The third-order valence-electron chi connectivity index (χ3n) is 4.19. The number of aromatic nitrogens is 2. The molecule has 0 aromatic carbocycles. The molecule has 21 heavy (non-hydrogen) atoms. The zero-order chi connectivity index (χ0) is 14.5. The molecular weight excluding hydrogens is 280 g/mol. The lowest BCUT2D eigenvalue weighted by Crippen LogP contribution is -2.47. The van der Waals surface area contributed by atoms with Gasteiger partial charge >= 0.3 is 0 Å². The number of likely N-dealkylation sites (N-methyl/N-ethyl adjacent to an activating group) is 1. The van der Waals surface area contributed by atoms with Crippen molar-refractivity contribution in [3.05, 3.63) is 40.7 Å². The molecule has 2 aromatic rings. The molecule has 4 nitrogen and oxygen atoms in total. The van der Waals surface area contributed by atoms with Crippen molar-refractivity contribution >= 4 is 17.2 Å². The number of thiophene rings is 1. The minimum absolute atomic E-state index is 0.612. The van der Waals surface area contributed by atoms with Crippen LogP contribution in [-0.4, -0.2) is 47.8 Å². The Kier molecular flexibility index (Phi) is 4.83. The second-order valence-electron chi connectivity index (χ2n) is 5.63. The number of hydrogen-bond acceptors (Lipinski definition) is 5. The molecule has 0 bridgehead atoms. The first kappa shape index (κ1) is 14.5. The number of anilines is 1. The second kappa shape index (κ2) is 7.00. The van der Waals surface area contributed by atoms with E-state index in [2.05, 4.69) is 50.6 Å². The van der Waals surface area contributed by atoms with E-state index in [0.717, 1.165) is 31.9 Å². The number of hydrogen-bond donors (Lipinski definition) is 0. The largest absolute Gasteiger partial charge is 0.354 e. The topological polar surface area (TPSA) is 32.3 Å². The lowest BCUT2D eigenvalue weighted by atomic mass is 10.0. The molecule has 1 aliphatic rings. The summed E-state index contributed by atoms with van der Waals surface area (Å²) in [6.45, 7) is 3.27. The predicted octanol–water partition coefficient (Wildman–Crippen LogP) is 2.68. The number of rotatable bonds is 5. The molecule has 112 valence electrons. The molecule has 0 spiro atoms. The molecule has 0 amide bonds. The average molecular weight is 302 g/mol. The number of nitrogens with zero attached hydrogens (tertiary/aromatic N) is 4. The van der Waals surface area contributed by atoms with Crippen LogP contribution in [0.3, 0.4) is 0 Å². The van der Waals surface area contributed by atoms with Crippen molar-refractivity contribution in [3.8, 4) is 0 Å². The van der Waals surface area contributed by atoms with Crippen LogP contribution in [-0.2, 0) is 6.42 Å². The Labute approximate surface area is 130 Å². The lowest BCUT2D eigenvalue weighted by molar-refractivity contribution is 0.217. The standard InChI is InChI=1S/C16H22N4S/c1-19(11-8-15-6-4-12-21-15)14-5-3-10-20(13-14)16-7-2-9-17-18-16/h2,4,6-7,9,12,14H,3,5,8,10-11,13H2,1H3. The van der Waals surface area contributed by atoms with E-state index in [4.69, 9.17) is 0 Å². The van der Waals surface area contributed by atoms with Crippen LogP contribution in [0, 0.1) is 0 Å². The van der Waals surface area contributed by atoms with Crippen LogP contribution in [0.4, 0.5) is 5.82 Å². The summed E-state index contributed by atoms with van der Waals surface area (Å²) in [4.78, 5) is 6.34. The summed E-state index contributed by atoms with van der Waals surface area (Å²) < 4.78 is 0. The Bertz CT molecular complexity index is 528. The van der Waals surface area contributed by atoms with Crippen molar-refractivity contribution < 1.29 is 0 Å². The van der Waals surface area contributed by atoms with E-state index in [1.165, 1.54) is 17.7 Å². The highest BCUT2D eigenvalue weighted by Crippen LogP contribution is 2.20. The SMILES string of the molecule is CN(CCc1cccs1)C1CCCN(c2cccnn2)C1. The molecule has 1 fully saturated rings. The fourth-order valence-corrected chi connectivity index (χ4v) is 3.61. The Hall–Kier alpha value is -1.46. The summed E-state index contributed by atoms with van der Waals surface area (Å²) in [5.41, 5.74) is 0. The van der Waals surface area contributed by atoms with Crippen molar-refractivity contribution in [2.24, 2.45) is 0 Å². The summed E-state index contributed by atoms with van der Waals surface area (Å²) in [6.07, 6.45) is 5.39. The molecule has 3 heterocycles. The van der Waals surface area contributed by atoms with Gasteiger partial charge in [-0.3, -0.25) is 0 Å². The lowest BCUT2D eigenvalue weighted by Gasteiger charge is -2.38. The average Bonchev–Trinajstić information content (AvgIpc) is 3.07. The minimum atomic E-state index is 0.612. The van der Waals surface area contributed by atoms with Crippen LogP contribution in [0.25, 0.3) is 0 Å². The van der Waals surface area contributed by atoms with E-state index in [-0.39, 0.29) is 0 Å². The molecule has 0 N–H and O–H groups in total. The van der Waals surface area contributed by atoms with Crippen molar-refractivity contribution in [1.82, 2.24) is 15.1 Å². The summed E-state index contributed by atoms with van der Waals surface area (Å²) in [7, 11) is 2.25. The Morgan fingerprint density at radius 3 is 3.10 bits per heavy atom. The monoisotopic (exact) mass is 302 g/mol. The highest BCUT2D eigenvalue weighted by Gasteiger charge is 2.23. The van der Waals surface area contributed by atoms with Crippen LogP contribution < -0.4 is 4.90 Å². The summed E-state index contributed by atoms with van der Waals surface area (Å²) in [5.74, 6) is 1.01. The first-order chi connectivity index (χ1) is 10.3. The molecule has 1 aliphatic heterocycles. The van der Waals surface area contributed by atoms with Crippen molar-refractivity contribution in [1.29, 1.82) is 0 Å².